The molecule has 2 rings (SSSR count). The zero-order chi connectivity index (χ0) is 13.1. The topological polar surface area (TPSA) is 101 Å². The highest BCUT2D eigenvalue weighted by molar-refractivity contribution is 5.99. The number of hydrogen-bond acceptors (Lipinski definition) is 4. The van der Waals surface area contributed by atoms with Gasteiger partial charge >= 0.3 is 0 Å². The second-order valence-corrected chi connectivity index (χ2v) is 4.04. The molecule has 0 spiro atoms. The van der Waals surface area contributed by atoms with Crippen molar-refractivity contribution in [3.8, 4) is 0 Å². The molecule has 0 bridgehead atoms. The molecular formula is C12H15N5O. The lowest BCUT2D eigenvalue weighted by molar-refractivity contribution is 0.0783. The summed E-state index contributed by atoms with van der Waals surface area (Å²) >= 11 is 0. The van der Waals surface area contributed by atoms with Crippen LogP contribution in [0.3, 0.4) is 0 Å². The number of aromatic nitrogens is 2. The first-order valence-electron chi connectivity index (χ1n) is 5.46. The smallest absolute Gasteiger partial charge is 0.256 e. The average Bonchev–Trinajstić information content (AvgIpc) is 2.81. The number of carbonyl (C=O) groups excluding carboxylic acids is 1. The minimum atomic E-state index is -0.163. The fraction of sp³-hybridized carbons (Fsp3) is 0.167. The molecule has 0 aliphatic carbocycles. The first kappa shape index (κ1) is 12.0. The van der Waals surface area contributed by atoms with Crippen LogP contribution in [-0.2, 0) is 6.54 Å². The summed E-state index contributed by atoms with van der Waals surface area (Å²) in [6.45, 7) is 0.398. The van der Waals surface area contributed by atoms with Gasteiger partial charge < -0.3 is 21.4 Å². The number of carbonyl (C=O) groups is 1. The van der Waals surface area contributed by atoms with Crippen molar-refractivity contribution < 1.29 is 4.79 Å². The molecule has 94 valence electrons. The van der Waals surface area contributed by atoms with Gasteiger partial charge in [-0.2, -0.15) is 0 Å². The third kappa shape index (κ3) is 2.42. The van der Waals surface area contributed by atoms with Crippen molar-refractivity contribution in [1.29, 1.82) is 0 Å². The molecule has 18 heavy (non-hydrogen) atoms. The summed E-state index contributed by atoms with van der Waals surface area (Å²) in [5.74, 6) is 0.559. The maximum Gasteiger partial charge on any atom is 0.256 e. The van der Waals surface area contributed by atoms with Gasteiger partial charge in [0.05, 0.1) is 12.1 Å². The number of anilines is 2. The van der Waals surface area contributed by atoms with E-state index in [-0.39, 0.29) is 5.91 Å². The molecule has 0 aliphatic rings. The van der Waals surface area contributed by atoms with Crippen molar-refractivity contribution in [1.82, 2.24) is 14.9 Å². The van der Waals surface area contributed by atoms with Gasteiger partial charge in [-0.15, -0.1) is 0 Å². The first-order chi connectivity index (χ1) is 8.58. The summed E-state index contributed by atoms with van der Waals surface area (Å²) in [6, 6.07) is 4.87. The lowest BCUT2D eigenvalue weighted by atomic mass is 10.1. The molecule has 5 N–H and O–H groups in total. The van der Waals surface area contributed by atoms with E-state index in [0.717, 1.165) is 5.82 Å². The summed E-state index contributed by atoms with van der Waals surface area (Å²) in [4.78, 5) is 20.7. The van der Waals surface area contributed by atoms with Gasteiger partial charge in [-0.05, 0) is 18.2 Å². The molecule has 1 aromatic carbocycles. The standard InChI is InChI=1S/C12H15N5O/c1-17(7-11-15-4-5-16-11)12(18)9-3-2-8(13)6-10(9)14/h2-6H,7,13-14H2,1H3,(H,15,16). The highest BCUT2D eigenvalue weighted by Crippen LogP contribution is 2.17. The average molecular weight is 245 g/mol. The summed E-state index contributed by atoms with van der Waals surface area (Å²) in [7, 11) is 1.70. The monoisotopic (exact) mass is 245 g/mol. The third-order valence-corrected chi connectivity index (χ3v) is 2.59. The molecule has 0 radical (unpaired) electrons. The number of imidazole rings is 1. The van der Waals surface area contributed by atoms with Crippen molar-refractivity contribution >= 4 is 17.3 Å². The van der Waals surface area contributed by atoms with Gasteiger partial charge in [0.15, 0.2) is 0 Å². The fourth-order valence-electron chi connectivity index (χ4n) is 1.66. The number of H-pyrrole nitrogens is 1. The first-order valence-corrected chi connectivity index (χ1v) is 5.46. The van der Waals surface area contributed by atoms with E-state index in [1.165, 1.54) is 0 Å². The Bertz CT molecular complexity index is 550. The number of nitrogens with one attached hydrogen (secondary N) is 1. The Morgan fingerprint density at radius 3 is 2.83 bits per heavy atom. The number of amides is 1. The largest absolute Gasteiger partial charge is 0.399 e. The van der Waals surface area contributed by atoms with E-state index in [2.05, 4.69) is 9.97 Å². The third-order valence-electron chi connectivity index (χ3n) is 2.59. The van der Waals surface area contributed by atoms with Crippen molar-refractivity contribution in [2.75, 3.05) is 18.5 Å². The van der Waals surface area contributed by atoms with Gasteiger partial charge in [0.1, 0.15) is 5.82 Å². The Balaban J connectivity index is 2.15. The van der Waals surface area contributed by atoms with E-state index in [9.17, 15) is 4.79 Å². The number of hydrogen-bond donors (Lipinski definition) is 3. The lowest BCUT2D eigenvalue weighted by Gasteiger charge is -2.17. The molecule has 0 atom stereocenters. The van der Waals surface area contributed by atoms with Crippen molar-refractivity contribution in [3.05, 3.63) is 42.0 Å². The Hall–Kier alpha value is -2.50. The molecule has 1 heterocycles. The summed E-state index contributed by atoms with van der Waals surface area (Å²) in [5.41, 5.74) is 12.7. The number of nitrogens with zero attached hydrogens (tertiary/aromatic N) is 2. The minimum absolute atomic E-state index is 0.163. The Kier molecular flexibility index (Phi) is 3.18. The normalized spacial score (nSPS) is 10.3. The van der Waals surface area contributed by atoms with E-state index < -0.39 is 0 Å². The molecule has 0 fully saturated rings. The molecule has 6 heteroatoms. The predicted octanol–water partition coefficient (Wildman–Crippen LogP) is 0.846. The number of benzene rings is 1. The van der Waals surface area contributed by atoms with E-state index in [1.54, 1.807) is 42.5 Å². The maximum atomic E-state index is 12.2. The van der Waals surface area contributed by atoms with E-state index in [4.69, 9.17) is 11.5 Å². The quantitative estimate of drug-likeness (QED) is 0.697. The molecule has 1 amide bonds. The van der Waals surface area contributed by atoms with Crippen molar-refractivity contribution in [2.24, 2.45) is 0 Å². The fourth-order valence-corrected chi connectivity index (χ4v) is 1.66. The Morgan fingerprint density at radius 2 is 2.22 bits per heavy atom. The lowest BCUT2D eigenvalue weighted by Crippen LogP contribution is -2.27. The van der Waals surface area contributed by atoms with Gasteiger partial charge in [-0.25, -0.2) is 4.98 Å². The van der Waals surface area contributed by atoms with Crippen LogP contribution in [0.2, 0.25) is 0 Å². The Labute approximate surface area is 105 Å². The van der Waals surface area contributed by atoms with Crippen LogP contribution >= 0.6 is 0 Å². The zero-order valence-corrected chi connectivity index (χ0v) is 10.1. The van der Waals surface area contributed by atoms with Crippen LogP contribution in [0.1, 0.15) is 16.2 Å². The van der Waals surface area contributed by atoms with Gasteiger partial charge in [0, 0.05) is 30.8 Å². The van der Waals surface area contributed by atoms with E-state index >= 15 is 0 Å². The number of nitrogens with two attached hydrogens (primary N) is 2. The van der Waals surface area contributed by atoms with Gasteiger partial charge in [0.25, 0.3) is 5.91 Å². The van der Waals surface area contributed by atoms with Gasteiger partial charge in [0.2, 0.25) is 0 Å². The van der Waals surface area contributed by atoms with Crippen molar-refractivity contribution in [2.45, 2.75) is 6.54 Å². The van der Waals surface area contributed by atoms with Crippen LogP contribution in [0.5, 0.6) is 0 Å². The van der Waals surface area contributed by atoms with E-state index in [1.807, 2.05) is 0 Å². The molecular weight excluding hydrogens is 230 g/mol. The molecule has 0 unspecified atom stereocenters. The second-order valence-electron chi connectivity index (χ2n) is 4.04. The Morgan fingerprint density at radius 1 is 1.44 bits per heavy atom. The number of rotatable bonds is 3. The van der Waals surface area contributed by atoms with Gasteiger partial charge in [-0.3, -0.25) is 4.79 Å². The molecule has 0 aliphatic heterocycles. The van der Waals surface area contributed by atoms with Crippen LogP contribution in [0.25, 0.3) is 0 Å². The zero-order valence-electron chi connectivity index (χ0n) is 10.1. The molecule has 6 nitrogen and oxygen atoms in total. The van der Waals surface area contributed by atoms with Gasteiger partial charge in [-0.1, -0.05) is 0 Å². The summed E-state index contributed by atoms with van der Waals surface area (Å²) in [5, 5.41) is 0. The van der Waals surface area contributed by atoms with Crippen LogP contribution in [-0.4, -0.2) is 27.8 Å². The van der Waals surface area contributed by atoms with Crippen LogP contribution in [0.4, 0.5) is 11.4 Å². The van der Waals surface area contributed by atoms with Crippen molar-refractivity contribution in [3.63, 3.8) is 0 Å². The molecule has 0 saturated heterocycles. The van der Waals surface area contributed by atoms with Crippen LogP contribution in [0, 0.1) is 0 Å². The SMILES string of the molecule is CN(Cc1ncc[nH]1)C(=O)c1ccc(N)cc1N. The highest BCUT2D eigenvalue weighted by Gasteiger charge is 2.15. The van der Waals surface area contributed by atoms with E-state index in [0.29, 0.717) is 23.5 Å². The van der Waals surface area contributed by atoms with Crippen LogP contribution < -0.4 is 11.5 Å². The number of nitrogen functional groups attached to an aromatic ring is 2. The second kappa shape index (κ2) is 4.79. The minimum Gasteiger partial charge on any atom is -0.399 e. The summed E-state index contributed by atoms with van der Waals surface area (Å²) in [6.07, 6.45) is 3.36. The molecule has 2 aromatic rings. The maximum absolute atomic E-state index is 12.2. The highest BCUT2D eigenvalue weighted by atomic mass is 16.2. The molecule has 0 saturated carbocycles. The number of aromatic amines is 1. The molecule has 1 aromatic heterocycles. The van der Waals surface area contributed by atoms with Crippen LogP contribution in [0.15, 0.2) is 30.6 Å². The predicted molar refractivity (Wildman–Crippen MR) is 69.7 cm³/mol. The summed E-state index contributed by atoms with van der Waals surface area (Å²) < 4.78 is 0.